The number of fused-ring (bicyclic) bond motifs is 2. The Hall–Kier alpha value is -3.20. The second-order valence-electron chi connectivity index (χ2n) is 8.84. The van der Waals surface area contributed by atoms with Crippen LogP contribution in [0.15, 0.2) is 54.6 Å². The Morgan fingerprint density at radius 1 is 0.971 bits per heavy atom. The van der Waals surface area contributed by atoms with Gasteiger partial charge in [0, 0.05) is 37.6 Å². The number of morpholine rings is 1. The molecule has 4 aromatic rings. The topological polar surface area (TPSA) is 79.5 Å². The minimum atomic E-state index is 0.572. The fourth-order valence-corrected chi connectivity index (χ4v) is 5.88. The van der Waals surface area contributed by atoms with E-state index in [1.165, 1.54) is 16.0 Å². The molecule has 2 aliphatic heterocycles. The molecule has 0 unspecified atom stereocenters. The van der Waals surface area contributed by atoms with E-state index in [1.54, 1.807) is 0 Å². The van der Waals surface area contributed by atoms with Crippen LogP contribution in [0.3, 0.4) is 0 Å². The van der Waals surface area contributed by atoms with Crippen molar-refractivity contribution in [3.63, 3.8) is 0 Å². The maximum Gasteiger partial charge on any atom is 0.229 e. The molecule has 3 N–H and O–H groups in total. The second kappa shape index (κ2) is 9.21. The van der Waals surface area contributed by atoms with Gasteiger partial charge in [0.1, 0.15) is 0 Å². The van der Waals surface area contributed by atoms with Crippen molar-refractivity contribution < 1.29 is 4.74 Å². The van der Waals surface area contributed by atoms with Crippen molar-refractivity contribution in [3.8, 4) is 0 Å². The first-order valence-corrected chi connectivity index (χ1v) is 12.6. The summed E-state index contributed by atoms with van der Waals surface area (Å²) in [4.78, 5) is 16.0. The summed E-state index contributed by atoms with van der Waals surface area (Å²) in [7, 11) is 0. The number of ether oxygens (including phenoxy) is 1. The minimum Gasteiger partial charge on any atom is -0.397 e. The van der Waals surface area contributed by atoms with Crippen molar-refractivity contribution in [1.82, 2.24) is 14.9 Å². The lowest BCUT2D eigenvalue weighted by molar-refractivity contribution is 0.122. The van der Waals surface area contributed by atoms with Gasteiger partial charge >= 0.3 is 0 Å². The summed E-state index contributed by atoms with van der Waals surface area (Å²) in [6.45, 7) is 6.08. The monoisotopic (exact) mass is 472 g/mol. The first-order valence-electron chi connectivity index (χ1n) is 11.8. The van der Waals surface area contributed by atoms with Crippen molar-refractivity contribution in [2.45, 2.75) is 19.5 Å². The molecule has 7 nitrogen and oxygen atoms in total. The average Bonchev–Trinajstić information content (AvgIpc) is 3.27. The number of para-hydroxylation sites is 2. The van der Waals surface area contributed by atoms with Crippen molar-refractivity contribution >= 4 is 44.7 Å². The van der Waals surface area contributed by atoms with E-state index >= 15 is 0 Å². The van der Waals surface area contributed by atoms with Gasteiger partial charge in [-0.25, -0.2) is 4.98 Å². The van der Waals surface area contributed by atoms with Crippen LogP contribution in [0.2, 0.25) is 0 Å². The van der Waals surface area contributed by atoms with Gasteiger partial charge < -0.3 is 20.7 Å². The van der Waals surface area contributed by atoms with Gasteiger partial charge in [-0.1, -0.05) is 36.4 Å². The number of anilines is 4. The molecule has 0 spiro atoms. The van der Waals surface area contributed by atoms with Gasteiger partial charge in [-0.3, -0.25) is 4.90 Å². The van der Waals surface area contributed by atoms with Crippen LogP contribution in [0, 0.1) is 0 Å². The Morgan fingerprint density at radius 2 is 1.76 bits per heavy atom. The molecule has 8 heteroatoms. The number of hydrogen-bond donors (Lipinski definition) is 2. The highest BCUT2D eigenvalue weighted by molar-refractivity contribution is 7.19. The standard InChI is InChI=1S/C26H28N6OS/c27-21-7-3-4-8-22(21)28-26-29-23-15-20(17-31-10-9-18-5-1-2-6-19(18)16-31)34-24(23)25(30-26)32-11-13-33-14-12-32/h1-8,15H,9-14,16-17,27H2,(H,28,29,30). The molecule has 34 heavy (non-hydrogen) atoms. The maximum absolute atomic E-state index is 6.16. The Kier molecular flexibility index (Phi) is 5.78. The van der Waals surface area contributed by atoms with Crippen molar-refractivity contribution in [3.05, 3.63) is 70.6 Å². The van der Waals surface area contributed by atoms with E-state index in [9.17, 15) is 0 Å². The quantitative estimate of drug-likeness (QED) is 0.417. The maximum atomic E-state index is 6.16. The Bertz CT molecular complexity index is 1320. The van der Waals surface area contributed by atoms with Crippen molar-refractivity contribution in [1.29, 1.82) is 0 Å². The molecule has 2 aliphatic rings. The highest BCUT2D eigenvalue weighted by Crippen LogP contribution is 2.35. The molecular formula is C26H28N6OS. The highest BCUT2D eigenvalue weighted by Gasteiger charge is 2.22. The summed E-state index contributed by atoms with van der Waals surface area (Å²) < 4.78 is 6.73. The molecule has 0 bridgehead atoms. The van der Waals surface area contributed by atoms with Crippen molar-refractivity contribution in [2.24, 2.45) is 0 Å². The van der Waals surface area contributed by atoms with Gasteiger partial charge in [-0.05, 0) is 35.7 Å². The fourth-order valence-electron chi connectivity index (χ4n) is 4.73. The third kappa shape index (κ3) is 4.32. The molecule has 0 atom stereocenters. The first kappa shape index (κ1) is 21.3. The summed E-state index contributed by atoms with van der Waals surface area (Å²) in [5, 5.41) is 3.33. The molecule has 2 aromatic heterocycles. The van der Waals surface area contributed by atoms with Gasteiger partial charge in [0.2, 0.25) is 5.95 Å². The van der Waals surface area contributed by atoms with Crippen LogP contribution in [-0.2, 0) is 24.2 Å². The zero-order chi connectivity index (χ0) is 22.9. The number of nitrogens with two attached hydrogens (primary N) is 1. The molecule has 1 fully saturated rings. The van der Waals surface area contributed by atoms with E-state index in [4.69, 9.17) is 20.4 Å². The van der Waals surface area contributed by atoms with Gasteiger partial charge in [-0.2, -0.15) is 4.98 Å². The smallest absolute Gasteiger partial charge is 0.229 e. The normalized spacial score (nSPS) is 16.5. The van der Waals surface area contributed by atoms with E-state index in [2.05, 4.69) is 45.4 Å². The van der Waals surface area contributed by atoms with Crippen LogP contribution in [0.1, 0.15) is 16.0 Å². The fraction of sp³-hybridized carbons (Fsp3) is 0.308. The van der Waals surface area contributed by atoms with Gasteiger partial charge in [-0.15, -0.1) is 11.3 Å². The predicted octanol–water partition coefficient (Wildman–Crippen LogP) is 4.41. The molecular weight excluding hydrogens is 444 g/mol. The van der Waals surface area contributed by atoms with Crippen LogP contribution >= 0.6 is 11.3 Å². The Balaban J connectivity index is 1.32. The molecule has 2 aromatic carbocycles. The molecule has 0 radical (unpaired) electrons. The van der Waals surface area contributed by atoms with Gasteiger partial charge in [0.25, 0.3) is 0 Å². The number of rotatable bonds is 5. The van der Waals surface area contributed by atoms with Crippen LogP contribution in [0.5, 0.6) is 0 Å². The van der Waals surface area contributed by atoms with E-state index < -0.39 is 0 Å². The molecule has 1 saturated heterocycles. The number of benzene rings is 2. The zero-order valence-corrected chi connectivity index (χ0v) is 19.9. The highest BCUT2D eigenvalue weighted by atomic mass is 32.1. The Labute approximate surface area is 203 Å². The van der Waals surface area contributed by atoms with Gasteiger partial charge in [0.05, 0.1) is 34.8 Å². The summed E-state index contributed by atoms with van der Waals surface area (Å²) in [6.07, 6.45) is 1.10. The second-order valence-corrected chi connectivity index (χ2v) is 9.98. The minimum absolute atomic E-state index is 0.572. The summed E-state index contributed by atoms with van der Waals surface area (Å²) >= 11 is 1.81. The van der Waals surface area contributed by atoms with Crippen LogP contribution in [0.25, 0.3) is 10.2 Å². The third-order valence-electron chi connectivity index (χ3n) is 6.51. The SMILES string of the molecule is Nc1ccccc1Nc1nc(N2CCOCC2)c2sc(CN3CCc4ccccc4C3)cc2n1. The molecule has 0 amide bonds. The van der Waals surface area contributed by atoms with Crippen LogP contribution in [0.4, 0.5) is 23.1 Å². The first-order chi connectivity index (χ1) is 16.7. The van der Waals surface area contributed by atoms with E-state index in [1.807, 2.05) is 35.6 Å². The molecule has 174 valence electrons. The summed E-state index contributed by atoms with van der Waals surface area (Å²) in [5.74, 6) is 1.55. The number of aromatic nitrogens is 2. The lowest BCUT2D eigenvalue weighted by atomic mass is 10.00. The lowest BCUT2D eigenvalue weighted by Crippen LogP contribution is -2.36. The van der Waals surface area contributed by atoms with E-state index in [0.29, 0.717) is 24.8 Å². The number of nitrogen functional groups attached to an aromatic ring is 1. The number of thiophene rings is 1. The molecule has 0 aliphatic carbocycles. The van der Waals surface area contributed by atoms with E-state index in [-0.39, 0.29) is 0 Å². The summed E-state index contributed by atoms with van der Waals surface area (Å²) in [6, 6.07) is 18.7. The summed E-state index contributed by atoms with van der Waals surface area (Å²) in [5.41, 5.74) is 11.5. The number of nitrogens with zero attached hydrogens (tertiary/aromatic N) is 4. The third-order valence-corrected chi connectivity index (χ3v) is 7.62. The molecule has 6 rings (SSSR count). The number of nitrogens with one attached hydrogen (secondary N) is 1. The average molecular weight is 473 g/mol. The van der Waals surface area contributed by atoms with Gasteiger partial charge in [0.15, 0.2) is 5.82 Å². The molecule has 4 heterocycles. The Morgan fingerprint density at radius 3 is 2.62 bits per heavy atom. The zero-order valence-electron chi connectivity index (χ0n) is 19.0. The largest absolute Gasteiger partial charge is 0.397 e. The lowest BCUT2D eigenvalue weighted by Gasteiger charge is -2.28. The van der Waals surface area contributed by atoms with Crippen LogP contribution in [-0.4, -0.2) is 47.7 Å². The predicted molar refractivity (Wildman–Crippen MR) is 139 cm³/mol. The molecule has 0 saturated carbocycles. The van der Waals surface area contributed by atoms with Crippen molar-refractivity contribution in [2.75, 3.05) is 48.8 Å². The van der Waals surface area contributed by atoms with E-state index in [0.717, 1.165) is 60.9 Å². The van der Waals surface area contributed by atoms with Crippen LogP contribution < -0.4 is 16.0 Å². The number of hydrogen-bond acceptors (Lipinski definition) is 8.